The number of aromatic amines is 1. The third-order valence-electron chi connectivity index (χ3n) is 5.42. The third-order valence-corrected chi connectivity index (χ3v) is 5.72. The molecule has 1 saturated heterocycles. The Labute approximate surface area is 168 Å². The molecule has 0 unspecified atom stereocenters. The number of nitrogens with one attached hydrogen (secondary N) is 1. The van der Waals surface area contributed by atoms with Crippen LogP contribution in [0.15, 0.2) is 18.2 Å². The number of aromatic nitrogens is 2. The number of hydrogen-bond donors (Lipinski definition) is 1. The van der Waals surface area contributed by atoms with E-state index < -0.39 is 0 Å². The predicted molar refractivity (Wildman–Crippen MR) is 106 cm³/mol. The number of carbonyl (C=O) groups excluding carboxylic acids is 1. The van der Waals surface area contributed by atoms with Crippen LogP contribution in [0.2, 0.25) is 5.02 Å². The summed E-state index contributed by atoms with van der Waals surface area (Å²) in [6, 6.07) is 7.40. The van der Waals surface area contributed by atoms with Crippen molar-refractivity contribution in [3.63, 3.8) is 0 Å². The molecule has 0 radical (unpaired) electrons. The van der Waals surface area contributed by atoms with Crippen molar-refractivity contribution < 1.29 is 9.53 Å². The zero-order valence-corrected chi connectivity index (χ0v) is 16.7. The molecule has 1 N–H and O–H groups in total. The van der Waals surface area contributed by atoms with Crippen molar-refractivity contribution in [1.29, 1.82) is 5.26 Å². The Morgan fingerprint density at radius 3 is 2.75 bits per heavy atom. The van der Waals surface area contributed by atoms with Gasteiger partial charge in [-0.25, -0.2) is 0 Å². The maximum atomic E-state index is 13.1. The van der Waals surface area contributed by atoms with Crippen molar-refractivity contribution in [2.45, 2.75) is 32.5 Å². The van der Waals surface area contributed by atoms with Crippen LogP contribution in [0.25, 0.3) is 0 Å². The van der Waals surface area contributed by atoms with Gasteiger partial charge in [-0.1, -0.05) is 11.6 Å². The van der Waals surface area contributed by atoms with E-state index in [-0.39, 0.29) is 18.1 Å². The van der Waals surface area contributed by atoms with Crippen LogP contribution < -0.4 is 4.90 Å². The highest BCUT2D eigenvalue weighted by molar-refractivity contribution is 6.33. The highest BCUT2D eigenvalue weighted by Gasteiger charge is 2.32. The van der Waals surface area contributed by atoms with Gasteiger partial charge in [-0.2, -0.15) is 10.4 Å². The van der Waals surface area contributed by atoms with Gasteiger partial charge in [0, 0.05) is 38.2 Å². The fourth-order valence-electron chi connectivity index (χ4n) is 3.98. The lowest BCUT2D eigenvalue weighted by Gasteiger charge is -2.36. The van der Waals surface area contributed by atoms with E-state index in [0.29, 0.717) is 48.9 Å². The van der Waals surface area contributed by atoms with Crippen molar-refractivity contribution >= 4 is 23.2 Å². The second-order valence-electron chi connectivity index (χ2n) is 7.31. The largest absolute Gasteiger partial charge is 0.369 e. The average Bonchev–Trinajstić information content (AvgIpc) is 3.11. The fourth-order valence-corrected chi connectivity index (χ4v) is 4.28. The molecule has 7 nitrogen and oxygen atoms in total. The lowest BCUT2D eigenvalue weighted by Crippen LogP contribution is -2.49. The Hall–Kier alpha value is -2.56. The molecule has 0 spiro atoms. The van der Waals surface area contributed by atoms with Crippen molar-refractivity contribution in [2.75, 3.05) is 31.1 Å². The molecule has 0 aliphatic carbocycles. The normalized spacial score (nSPS) is 21.9. The number of carbonyl (C=O) groups is 1. The number of piperazine rings is 1. The number of ether oxygens (including phenoxy) is 1. The van der Waals surface area contributed by atoms with Crippen LogP contribution >= 0.6 is 11.6 Å². The van der Waals surface area contributed by atoms with E-state index in [2.05, 4.69) is 21.2 Å². The number of rotatable bonds is 2. The fraction of sp³-hybridized carbons (Fsp3) is 0.450. The molecule has 0 saturated carbocycles. The number of benzene rings is 1. The minimum Gasteiger partial charge on any atom is -0.369 e. The number of nitriles is 1. The van der Waals surface area contributed by atoms with Crippen LogP contribution in [0.3, 0.4) is 0 Å². The first-order valence-corrected chi connectivity index (χ1v) is 9.82. The van der Waals surface area contributed by atoms with Gasteiger partial charge in [0.15, 0.2) is 5.69 Å². The summed E-state index contributed by atoms with van der Waals surface area (Å²) < 4.78 is 5.81. The highest BCUT2D eigenvalue weighted by Crippen LogP contribution is 2.31. The summed E-state index contributed by atoms with van der Waals surface area (Å²) in [6.07, 6.45) is 0.683. The molecule has 1 amide bonds. The summed E-state index contributed by atoms with van der Waals surface area (Å²) in [7, 11) is 0. The number of fused-ring (bicyclic) bond motifs is 1. The Morgan fingerprint density at radius 1 is 1.32 bits per heavy atom. The second-order valence-corrected chi connectivity index (χ2v) is 7.72. The molecule has 1 aromatic heterocycles. The van der Waals surface area contributed by atoms with Crippen LogP contribution in [0.4, 0.5) is 5.69 Å². The Bertz CT molecular complexity index is 943. The van der Waals surface area contributed by atoms with Gasteiger partial charge in [-0.05, 0) is 32.0 Å². The quantitative estimate of drug-likeness (QED) is 0.839. The summed E-state index contributed by atoms with van der Waals surface area (Å²) in [6.45, 7) is 6.54. The van der Waals surface area contributed by atoms with E-state index in [1.54, 1.807) is 12.1 Å². The van der Waals surface area contributed by atoms with Gasteiger partial charge in [0.25, 0.3) is 5.91 Å². The molecule has 2 atom stereocenters. The molecule has 4 rings (SSSR count). The highest BCUT2D eigenvalue weighted by atomic mass is 35.5. The summed E-state index contributed by atoms with van der Waals surface area (Å²) in [5.74, 6) is -0.0376. The first-order valence-electron chi connectivity index (χ1n) is 9.44. The van der Waals surface area contributed by atoms with Gasteiger partial charge in [0.1, 0.15) is 0 Å². The predicted octanol–water partition coefficient (Wildman–Crippen LogP) is 2.92. The zero-order chi connectivity index (χ0) is 19.8. The Morgan fingerprint density at radius 2 is 2.07 bits per heavy atom. The molecule has 2 aromatic rings. The van der Waals surface area contributed by atoms with Gasteiger partial charge in [-0.15, -0.1) is 0 Å². The number of halogens is 1. The molecule has 3 heterocycles. The maximum Gasteiger partial charge on any atom is 0.274 e. The van der Waals surface area contributed by atoms with Gasteiger partial charge < -0.3 is 14.5 Å². The number of nitrogens with zero attached hydrogens (tertiary/aromatic N) is 4. The molecular weight excluding hydrogens is 378 g/mol. The zero-order valence-electron chi connectivity index (χ0n) is 15.9. The molecule has 8 heteroatoms. The van der Waals surface area contributed by atoms with Crippen LogP contribution in [0.5, 0.6) is 0 Å². The van der Waals surface area contributed by atoms with Gasteiger partial charge in [0.05, 0.1) is 40.2 Å². The van der Waals surface area contributed by atoms with Gasteiger partial charge >= 0.3 is 0 Å². The standard InChI is InChI=1S/C20H22ClN5O2/c1-12-9-15-18(13(2)28-12)23-24-19(15)20(27)26-7-5-25(6-8-26)17-4-3-14(11-22)10-16(17)21/h3-4,10,12-13H,5-9H2,1-2H3,(H,23,24)/t12-,13+/m1/s1. The summed E-state index contributed by atoms with van der Waals surface area (Å²) in [4.78, 5) is 17.0. The van der Waals surface area contributed by atoms with E-state index in [9.17, 15) is 4.79 Å². The summed E-state index contributed by atoms with van der Waals surface area (Å²) >= 11 is 6.33. The number of hydrogen-bond acceptors (Lipinski definition) is 5. The van der Waals surface area contributed by atoms with E-state index in [0.717, 1.165) is 16.9 Å². The van der Waals surface area contributed by atoms with E-state index >= 15 is 0 Å². The van der Waals surface area contributed by atoms with Crippen molar-refractivity contribution in [3.8, 4) is 6.07 Å². The molecule has 0 bridgehead atoms. The van der Waals surface area contributed by atoms with Crippen LogP contribution in [0, 0.1) is 11.3 Å². The van der Waals surface area contributed by atoms with Crippen molar-refractivity contribution in [3.05, 3.63) is 45.7 Å². The molecule has 1 fully saturated rings. The third kappa shape index (κ3) is 3.34. The molecule has 1 aromatic carbocycles. The molecule has 146 valence electrons. The number of H-pyrrole nitrogens is 1. The Balaban J connectivity index is 1.46. The average molecular weight is 400 g/mol. The number of anilines is 1. The van der Waals surface area contributed by atoms with E-state index in [4.69, 9.17) is 21.6 Å². The monoisotopic (exact) mass is 399 g/mol. The minimum atomic E-state index is -0.0804. The molecule has 2 aliphatic rings. The SMILES string of the molecule is C[C@@H]1Cc2c(C(=O)N3CCN(c4ccc(C#N)cc4Cl)CC3)n[nH]c2[C@H](C)O1. The topological polar surface area (TPSA) is 85.3 Å². The van der Waals surface area contributed by atoms with Crippen LogP contribution in [-0.4, -0.2) is 53.3 Å². The summed E-state index contributed by atoms with van der Waals surface area (Å²) in [5.41, 5.74) is 3.84. The lowest BCUT2D eigenvalue weighted by atomic mass is 9.99. The van der Waals surface area contributed by atoms with Crippen LogP contribution in [-0.2, 0) is 11.2 Å². The van der Waals surface area contributed by atoms with Gasteiger partial charge in [-0.3, -0.25) is 9.89 Å². The molecule has 28 heavy (non-hydrogen) atoms. The van der Waals surface area contributed by atoms with E-state index in [1.165, 1.54) is 0 Å². The minimum absolute atomic E-state index is 0.0376. The molecular formula is C20H22ClN5O2. The first-order chi connectivity index (χ1) is 13.5. The second kappa shape index (κ2) is 7.46. The van der Waals surface area contributed by atoms with Crippen LogP contribution in [0.1, 0.15) is 47.3 Å². The molecule has 2 aliphatic heterocycles. The Kier molecular flexibility index (Phi) is 5.00. The lowest BCUT2D eigenvalue weighted by molar-refractivity contribution is -0.00702. The smallest absolute Gasteiger partial charge is 0.274 e. The van der Waals surface area contributed by atoms with Crippen molar-refractivity contribution in [1.82, 2.24) is 15.1 Å². The number of amides is 1. The van der Waals surface area contributed by atoms with Crippen molar-refractivity contribution in [2.24, 2.45) is 0 Å². The summed E-state index contributed by atoms with van der Waals surface area (Å²) in [5, 5.41) is 16.8. The maximum absolute atomic E-state index is 13.1. The van der Waals surface area contributed by atoms with Gasteiger partial charge in [0.2, 0.25) is 0 Å². The first kappa shape index (κ1) is 18.8. The van der Waals surface area contributed by atoms with E-state index in [1.807, 2.05) is 24.8 Å².